The first-order chi connectivity index (χ1) is 16.5. The normalized spacial score (nSPS) is 21.8. The number of aromatic nitrogens is 1. The van der Waals surface area contributed by atoms with Gasteiger partial charge in [0.15, 0.2) is 0 Å². The van der Waals surface area contributed by atoms with Gasteiger partial charge in [0.05, 0.1) is 16.8 Å². The Kier molecular flexibility index (Phi) is 8.35. The number of hydrogen-bond acceptors (Lipinski definition) is 4. The Morgan fingerprint density at radius 1 is 1.15 bits per heavy atom. The molecule has 1 aliphatic heterocycles. The number of thiophene rings is 1. The van der Waals surface area contributed by atoms with E-state index in [1.165, 1.54) is 25.7 Å². The molecule has 0 unspecified atom stereocenters. The van der Waals surface area contributed by atoms with E-state index in [1.54, 1.807) is 11.3 Å². The Hall–Kier alpha value is -1.86. The Labute approximate surface area is 208 Å². The van der Waals surface area contributed by atoms with Crippen LogP contribution in [-0.2, 0) is 11.3 Å². The van der Waals surface area contributed by atoms with E-state index in [0.29, 0.717) is 13.1 Å². The summed E-state index contributed by atoms with van der Waals surface area (Å²) in [6.07, 6.45) is 10.1. The van der Waals surface area contributed by atoms with E-state index in [-0.39, 0.29) is 17.9 Å². The summed E-state index contributed by atoms with van der Waals surface area (Å²) >= 11 is 1.66. The molecule has 2 aromatic heterocycles. The lowest BCUT2D eigenvalue weighted by Crippen LogP contribution is -2.65. The quantitative estimate of drug-likeness (QED) is 0.466. The van der Waals surface area contributed by atoms with Gasteiger partial charge in [0.1, 0.15) is 11.2 Å². The maximum atomic E-state index is 13.8. The van der Waals surface area contributed by atoms with Crippen LogP contribution in [0.5, 0.6) is 0 Å². The van der Waals surface area contributed by atoms with Crippen molar-refractivity contribution in [3.63, 3.8) is 0 Å². The highest BCUT2D eigenvalue weighted by molar-refractivity contribution is 7.17. The van der Waals surface area contributed by atoms with Crippen LogP contribution in [0.4, 0.5) is 0 Å². The van der Waals surface area contributed by atoms with Crippen molar-refractivity contribution in [1.29, 1.82) is 0 Å². The van der Waals surface area contributed by atoms with Gasteiger partial charge in [-0.25, -0.2) is 0 Å². The van der Waals surface area contributed by atoms with Crippen molar-refractivity contribution in [2.45, 2.75) is 96.7 Å². The maximum Gasteiger partial charge on any atom is 0.271 e. The zero-order chi connectivity index (χ0) is 24.1. The van der Waals surface area contributed by atoms with Crippen LogP contribution in [0.15, 0.2) is 17.5 Å². The first-order valence-corrected chi connectivity index (χ1v) is 14.3. The predicted octanol–water partition coefficient (Wildman–Crippen LogP) is 5.27. The number of fused-ring (bicyclic) bond motifs is 3. The highest BCUT2D eigenvalue weighted by atomic mass is 32.1. The summed E-state index contributed by atoms with van der Waals surface area (Å²) in [5, 5.41) is 5.43. The molecule has 7 heteroatoms. The average molecular weight is 487 g/mol. The van der Waals surface area contributed by atoms with Gasteiger partial charge in [0.2, 0.25) is 5.91 Å². The summed E-state index contributed by atoms with van der Waals surface area (Å²) in [7, 11) is 0. The molecule has 34 heavy (non-hydrogen) atoms. The second-order valence-corrected chi connectivity index (χ2v) is 11.3. The Bertz CT molecular complexity index is 969. The molecule has 0 saturated heterocycles. The van der Waals surface area contributed by atoms with Crippen LogP contribution in [0.3, 0.4) is 0 Å². The molecule has 1 aliphatic carbocycles. The SMILES string of the molecule is CCCN(CCC)CCCN1C(=O)c2cc3sccc3n2C[C@@]1(C)C(=O)NC1CCCCCC1. The monoisotopic (exact) mass is 486 g/mol. The third-order valence-corrected chi connectivity index (χ3v) is 8.52. The van der Waals surface area contributed by atoms with Gasteiger partial charge in [0.25, 0.3) is 5.91 Å². The summed E-state index contributed by atoms with van der Waals surface area (Å²) < 4.78 is 3.20. The molecule has 1 atom stereocenters. The molecule has 0 aromatic carbocycles. The number of nitrogens with one attached hydrogen (secondary N) is 1. The first-order valence-electron chi connectivity index (χ1n) is 13.4. The average Bonchev–Trinajstić information content (AvgIpc) is 3.31. The van der Waals surface area contributed by atoms with E-state index in [2.05, 4.69) is 40.1 Å². The molecule has 2 amide bonds. The number of carbonyl (C=O) groups excluding carboxylic acids is 2. The van der Waals surface area contributed by atoms with Crippen molar-refractivity contribution in [3.8, 4) is 0 Å². The Morgan fingerprint density at radius 3 is 2.53 bits per heavy atom. The molecule has 2 aromatic rings. The highest BCUT2D eigenvalue weighted by Crippen LogP contribution is 2.34. The summed E-state index contributed by atoms with van der Waals surface area (Å²) in [6, 6.07) is 4.31. The van der Waals surface area contributed by atoms with E-state index in [0.717, 1.165) is 67.6 Å². The maximum absolute atomic E-state index is 13.8. The number of hydrogen-bond donors (Lipinski definition) is 1. The summed E-state index contributed by atoms with van der Waals surface area (Å²) in [4.78, 5) is 32.0. The van der Waals surface area contributed by atoms with Crippen LogP contribution in [0.25, 0.3) is 10.2 Å². The lowest BCUT2D eigenvalue weighted by molar-refractivity contribution is -0.133. The lowest BCUT2D eigenvalue weighted by Gasteiger charge is -2.45. The van der Waals surface area contributed by atoms with Gasteiger partial charge in [-0.2, -0.15) is 0 Å². The second kappa shape index (κ2) is 11.3. The van der Waals surface area contributed by atoms with Crippen LogP contribution >= 0.6 is 11.3 Å². The second-order valence-electron chi connectivity index (χ2n) is 10.4. The van der Waals surface area contributed by atoms with Crippen molar-refractivity contribution in [3.05, 3.63) is 23.2 Å². The molecular formula is C27H42N4O2S. The standard InChI is InChI=1S/C27H42N4O2S/c1-4-14-29(15-5-2)16-10-17-31-25(32)23-19-24-22(13-18-34-24)30(23)20-27(31,3)26(33)28-21-11-8-6-7-9-12-21/h13,18-19,21H,4-12,14-17,20H2,1-3H3,(H,28,33)/t27-/m0/s1. The predicted molar refractivity (Wildman–Crippen MR) is 141 cm³/mol. The van der Waals surface area contributed by atoms with E-state index < -0.39 is 5.54 Å². The van der Waals surface area contributed by atoms with Crippen LogP contribution < -0.4 is 5.32 Å². The molecule has 1 N–H and O–H groups in total. The van der Waals surface area contributed by atoms with Gasteiger partial charge in [-0.3, -0.25) is 9.59 Å². The van der Waals surface area contributed by atoms with Gasteiger partial charge in [-0.1, -0.05) is 39.5 Å². The first kappa shape index (κ1) is 25.2. The van der Waals surface area contributed by atoms with Crippen LogP contribution in [0.1, 0.15) is 89.0 Å². The molecule has 0 spiro atoms. The fourth-order valence-corrected chi connectivity index (χ4v) is 6.63. The van der Waals surface area contributed by atoms with E-state index in [9.17, 15) is 9.59 Å². The van der Waals surface area contributed by atoms with Gasteiger partial charge in [-0.15, -0.1) is 11.3 Å². The van der Waals surface area contributed by atoms with E-state index in [4.69, 9.17) is 0 Å². The minimum absolute atomic E-state index is 0.00861. The fraction of sp³-hybridized carbons (Fsp3) is 0.704. The topological polar surface area (TPSA) is 57.6 Å². The van der Waals surface area contributed by atoms with Crippen molar-refractivity contribution in [1.82, 2.24) is 19.7 Å². The van der Waals surface area contributed by atoms with Crippen LogP contribution in [0, 0.1) is 0 Å². The number of amides is 2. The number of rotatable bonds is 10. The minimum atomic E-state index is -0.884. The molecule has 188 valence electrons. The zero-order valence-electron chi connectivity index (χ0n) is 21.3. The summed E-state index contributed by atoms with van der Waals surface area (Å²) in [6.45, 7) is 10.7. The van der Waals surface area contributed by atoms with Gasteiger partial charge in [-0.05, 0) is 76.2 Å². The summed E-state index contributed by atoms with van der Waals surface area (Å²) in [5.41, 5.74) is 0.907. The smallest absolute Gasteiger partial charge is 0.271 e. The molecule has 4 rings (SSSR count). The van der Waals surface area contributed by atoms with Gasteiger partial charge < -0.3 is 19.7 Å². The Morgan fingerprint density at radius 2 is 1.85 bits per heavy atom. The molecule has 6 nitrogen and oxygen atoms in total. The van der Waals surface area contributed by atoms with Crippen molar-refractivity contribution >= 4 is 33.4 Å². The van der Waals surface area contributed by atoms with Crippen molar-refractivity contribution < 1.29 is 9.59 Å². The number of nitrogens with zero attached hydrogens (tertiary/aromatic N) is 3. The van der Waals surface area contributed by atoms with Gasteiger partial charge >= 0.3 is 0 Å². The minimum Gasteiger partial charge on any atom is -0.351 e. The molecule has 0 bridgehead atoms. The zero-order valence-corrected chi connectivity index (χ0v) is 22.1. The van der Waals surface area contributed by atoms with Gasteiger partial charge in [0, 0.05) is 12.6 Å². The third kappa shape index (κ3) is 5.20. The largest absolute Gasteiger partial charge is 0.351 e. The van der Waals surface area contributed by atoms with Crippen LogP contribution in [0.2, 0.25) is 0 Å². The fourth-order valence-electron chi connectivity index (χ4n) is 5.81. The highest BCUT2D eigenvalue weighted by Gasteiger charge is 2.48. The van der Waals surface area contributed by atoms with Crippen molar-refractivity contribution in [2.75, 3.05) is 26.2 Å². The van der Waals surface area contributed by atoms with Crippen molar-refractivity contribution in [2.24, 2.45) is 0 Å². The van der Waals surface area contributed by atoms with E-state index in [1.807, 2.05) is 17.9 Å². The Balaban J connectivity index is 1.56. The lowest BCUT2D eigenvalue weighted by atomic mass is 9.93. The van der Waals surface area contributed by atoms with E-state index >= 15 is 0 Å². The molecule has 2 aliphatic rings. The number of carbonyl (C=O) groups is 2. The molecule has 1 fully saturated rings. The van der Waals surface area contributed by atoms with Crippen LogP contribution in [-0.4, -0.2) is 63.9 Å². The molecule has 3 heterocycles. The third-order valence-electron chi connectivity index (χ3n) is 7.66. The molecular weight excluding hydrogens is 444 g/mol. The molecule has 1 saturated carbocycles. The summed E-state index contributed by atoms with van der Waals surface area (Å²) in [5.74, 6) is 0.000140. The molecule has 0 radical (unpaired) electrons.